The van der Waals surface area contributed by atoms with E-state index in [9.17, 15) is 0 Å². The third-order valence-corrected chi connectivity index (χ3v) is 10.6. The number of hydrogen-bond acceptors (Lipinski definition) is 3. The van der Waals surface area contributed by atoms with Gasteiger partial charge in [0.2, 0.25) is 0 Å². The highest BCUT2D eigenvalue weighted by atomic mass is 79.9. The van der Waals surface area contributed by atoms with Crippen molar-refractivity contribution >= 4 is 40.2 Å². The average Bonchev–Trinajstić information content (AvgIpc) is 2.67. The van der Waals surface area contributed by atoms with Crippen LogP contribution in [-0.2, 0) is 11.0 Å². The molecule has 0 unspecified atom stereocenters. The van der Waals surface area contributed by atoms with Crippen LogP contribution in [0.25, 0.3) is 0 Å². The van der Waals surface area contributed by atoms with Crippen molar-refractivity contribution in [3.63, 3.8) is 0 Å². The Balaban J connectivity index is 0.000000357. The first-order valence-electron chi connectivity index (χ1n) is 10.1. The van der Waals surface area contributed by atoms with Gasteiger partial charge in [0.1, 0.15) is 17.2 Å². The van der Waals surface area contributed by atoms with Crippen molar-refractivity contribution in [3.05, 3.63) is 87.3 Å². The van der Waals surface area contributed by atoms with Gasteiger partial charge in [0, 0.05) is 8.95 Å². The minimum absolute atomic E-state index is 0.233. The molecule has 0 aliphatic rings. The predicted octanol–water partition coefficient (Wildman–Crippen LogP) is 8.92. The summed E-state index contributed by atoms with van der Waals surface area (Å²) < 4.78 is 14.0. The summed E-state index contributed by atoms with van der Waals surface area (Å²) in [5.41, 5.74) is 1.18. The molecule has 0 saturated heterocycles. The van der Waals surface area contributed by atoms with Crippen LogP contribution in [0.1, 0.15) is 26.3 Å². The maximum Gasteiger partial charge on any atom is 0.192 e. The second kappa shape index (κ2) is 11.3. The summed E-state index contributed by atoms with van der Waals surface area (Å²) >= 11 is 6.65. The number of phenolic OH excluding ortho intramolecular Hbond substituents is 1. The predicted molar refractivity (Wildman–Crippen MR) is 138 cm³/mol. The molecule has 0 fully saturated rings. The van der Waals surface area contributed by atoms with Crippen molar-refractivity contribution in [2.45, 2.75) is 45.5 Å². The van der Waals surface area contributed by atoms with Crippen molar-refractivity contribution in [3.8, 4) is 17.2 Å². The summed E-state index contributed by atoms with van der Waals surface area (Å²) in [6.07, 6.45) is 0. The number of ether oxygens (including phenoxy) is 1. The Bertz CT molecular complexity index is 950. The van der Waals surface area contributed by atoms with E-state index in [4.69, 9.17) is 14.3 Å². The molecule has 1 N–H and O–H groups in total. The van der Waals surface area contributed by atoms with E-state index in [-0.39, 0.29) is 5.04 Å². The monoisotopic (exact) mass is 564 g/mol. The normalized spacial score (nSPS) is 11.5. The summed E-state index contributed by atoms with van der Waals surface area (Å²) in [5.74, 6) is 1.95. The van der Waals surface area contributed by atoms with Crippen LogP contribution in [0.2, 0.25) is 18.1 Å². The van der Waals surface area contributed by atoms with Gasteiger partial charge in [-0.25, -0.2) is 0 Å². The molecule has 3 rings (SSSR count). The van der Waals surface area contributed by atoms with Crippen molar-refractivity contribution in [1.82, 2.24) is 0 Å². The zero-order valence-corrected chi connectivity index (χ0v) is 22.8. The molecule has 3 aromatic carbocycles. The van der Waals surface area contributed by atoms with Gasteiger partial charge in [0.15, 0.2) is 8.32 Å². The Kier molecular flexibility index (Phi) is 9.37. The fourth-order valence-electron chi connectivity index (χ4n) is 2.28. The van der Waals surface area contributed by atoms with Crippen LogP contribution in [0.5, 0.6) is 17.2 Å². The van der Waals surface area contributed by atoms with Crippen molar-refractivity contribution in [1.29, 1.82) is 0 Å². The zero-order valence-electron chi connectivity index (χ0n) is 18.7. The van der Waals surface area contributed by atoms with Gasteiger partial charge in [-0.2, -0.15) is 0 Å². The van der Waals surface area contributed by atoms with Crippen LogP contribution in [-0.4, -0.2) is 13.4 Å². The third-order valence-electron chi connectivity index (χ3n) is 5.17. The SMILES string of the molecule is CC(C)(C)[Si](C)(C)OCc1ccc(Oc2cccc(Br)c2)cc1.Oc1cccc(Br)c1. The molecule has 0 heterocycles. The second-order valence-corrected chi connectivity index (χ2v) is 15.4. The van der Waals surface area contributed by atoms with E-state index >= 15 is 0 Å². The van der Waals surface area contributed by atoms with E-state index in [0.29, 0.717) is 12.4 Å². The summed E-state index contributed by atoms with van der Waals surface area (Å²) in [6.45, 7) is 12.0. The summed E-state index contributed by atoms with van der Waals surface area (Å²) in [4.78, 5) is 0. The van der Waals surface area contributed by atoms with Gasteiger partial charge in [-0.05, 0) is 72.2 Å². The van der Waals surface area contributed by atoms with Crippen molar-refractivity contribution in [2.24, 2.45) is 0 Å². The van der Waals surface area contributed by atoms with Gasteiger partial charge in [-0.1, -0.05) is 76.9 Å². The fourth-order valence-corrected chi connectivity index (χ4v) is 4.00. The van der Waals surface area contributed by atoms with E-state index in [1.54, 1.807) is 18.2 Å². The lowest BCUT2D eigenvalue weighted by molar-refractivity contribution is 0.276. The number of aromatic hydroxyl groups is 1. The lowest BCUT2D eigenvalue weighted by Gasteiger charge is -2.36. The van der Waals surface area contributed by atoms with Gasteiger partial charge >= 0.3 is 0 Å². The van der Waals surface area contributed by atoms with E-state index in [2.05, 4.69) is 77.9 Å². The highest BCUT2D eigenvalue weighted by Gasteiger charge is 2.36. The molecule has 0 radical (unpaired) electrons. The number of halogens is 2. The summed E-state index contributed by atoms with van der Waals surface area (Å²) in [7, 11) is -1.70. The van der Waals surface area contributed by atoms with Gasteiger partial charge in [0.05, 0.1) is 6.61 Å². The highest BCUT2D eigenvalue weighted by molar-refractivity contribution is 9.10. The minimum Gasteiger partial charge on any atom is -0.508 e. The van der Waals surface area contributed by atoms with Gasteiger partial charge in [-0.3, -0.25) is 0 Å². The Labute approximate surface area is 203 Å². The molecule has 0 aliphatic carbocycles. The summed E-state index contributed by atoms with van der Waals surface area (Å²) in [6, 6.07) is 22.9. The molecule has 0 spiro atoms. The smallest absolute Gasteiger partial charge is 0.192 e. The van der Waals surface area contributed by atoms with Crippen LogP contribution in [0.15, 0.2) is 81.7 Å². The molecule has 166 valence electrons. The minimum atomic E-state index is -1.70. The van der Waals surface area contributed by atoms with E-state index < -0.39 is 8.32 Å². The summed E-state index contributed by atoms with van der Waals surface area (Å²) in [5, 5.41) is 9.02. The number of rotatable bonds is 5. The van der Waals surface area contributed by atoms with E-state index in [1.165, 1.54) is 5.56 Å². The molecule has 3 aromatic rings. The van der Waals surface area contributed by atoms with Crippen molar-refractivity contribution < 1.29 is 14.3 Å². The molecular weight excluding hydrogens is 536 g/mol. The van der Waals surface area contributed by atoms with Crippen LogP contribution in [0.3, 0.4) is 0 Å². The molecule has 0 atom stereocenters. The number of hydrogen-bond donors (Lipinski definition) is 1. The average molecular weight is 566 g/mol. The van der Waals surface area contributed by atoms with Crippen molar-refractivity contribution in [2.75, 3.05) is 0 Å². The van der Waals surface area contributed by atoms with Crippen LogP contribution in [0.4, 0.5) is 0 Å². The Morgan fingerprint density at radius 3 is 1.87 bits per heavy atom. The first-order valence-corrected chi connectivity index (χ1v) is 14.6. The van der Waals surface area contributed by atoms with E-state index in [1.807, 2.05) is 42.5 Å². The van der Waals surface area contributed by atoms with Crippen LogP contribution >= 0.6 is 31.9 Å². The highest BCUT2D eigenvalue weighted by Crippen LogP contribution is 2.37. The third kappa shape index (κ3) is 8.81. The molecule has 0 aliphatic heterocycles. The molecule has 3 nitrogen and oxygen atoms in total. The van der Waals surface area contributed by atoms with Crippen LogP contribution < -0.4 is 4.74 Å². The second-order valence-electron chi connectivity index (χ2n) is 8.73. The molecule has 0 aromatic heterocycles. The Morgan fingerprint density at radius 1 is 0.806 bits per heavy atom. The lowest BCUT2D eigenvalue weighted by Crippen LogP contribution is -2.40. The fraction of sp³-hybridized carbons (Fsp3) is 0.280. The quantitative estimate of drug-likeness (QED) is 0.314. The number of phenols is 1. The van der Waals surface area contributed by atoms with Gasteiger partial charge < -0.3 is 14.3 Å². The topological polar surface area (TPSA) is 38.7 Å². The van der Waals surface area contributed by atoms with Crippen LogP contribution in [0, 0.1) is 0 Å². The zero-order chi connectivity index (χ0) is 23.1. The standard InChI is InChI=1S/C19H25BrO2Si.C6H5BrO/c1-19(2,3)23(4,5)21-14-15-9-11-17(12-10-15)22-18-8-6-7-16(20)13-18;7-5-2-1-3-6(8)4-5/h6-13H,14H2,1-5H3;1-4,8H. The Morgan fingerprint density at radius 2 is 1.39 bits per heavy atom. The molecule has 0 saturated carbocycles. The van der Waals surface area contributed by atoms with Gasteiger partial charge in [-0.15, -0.1) is 0 Å². The molecular formula is C25H30Br2O3Si. The maximum atomic E-state index is 8.78. The first kappa shape index (κ1) is 25.7. The Hall–Kier alpha value is -1.60. The molecule has 0 amide bonds. The first-order chi connectivity index (χ1) is 14.5. The number of benzene rings is 3. The lowest BCUT2D eigenvalue weighted by atomic mass is 10.2. The molecule has 31 heavy (non-hydrogen) atoms. The largest absolute Gasteiger partial charge is 0.508 e. The maximum absolute atomic E-state index is 8.78. The molecule has 0 bridgehead atoms. The van der Waals surface area contributed by atoms with Gasteiger partial charge in [0.25, 0.3) is 0 Å². The molecule has 6 heteroatoms. The van der Waals surface area contributed by atoms with E-state index in [0.717, 1.165) is 20.4 Å².